The Morgan fingerprint density at radius 1 is 1.40 bits per heavy atom. The van der Waals surface area contributed by atoms with Gasteiger partial charge in [-0.15, -0.1) is 0 Å². The van der Waals surface area contributed by atoms with Crippen LogP contribution < -0.4 is 5.32 Å². The fourth-order valence-electron chi connectivity index (χ4n) is 2.08. The number of nitrogens with zero attached hydrogens (tertiary/aromatic N) is 3. The molecule has 0 bridgehead atoms. The van der Waals surface area contributed by atoms with Crippen LogP contribution in [0.2, 0.25) is 0 Å². The number of nitrogens with one attached hydrogen (secondary N) is 3. The average molecular weight is 266 g/mol. The number of hydrogen-bond donors (Lipinski definition) is 3. The van der Waals surface area contributed by atoms with Gasteiger partial charge in [-0.1, -0.05) is 18.2 Å². The Labute approximate surface area is 115 Å². The smallest absolute Gasteiger partial charge is 0.126 e. The number of para-hydroxylation sites is 1. The van der Waals surface area contributed by atoms with Crippen LogP contribution in [0.5, 0.6) is 0 Å². The lowest BCUT2D eigenvalue weighted by molar-refractivity contribution is 0.804. The lowest BCUT2D eigenvalue weighted by Crippen LogP contribution is -2.06. The van der Waals surface area contributed by atoms with Gasteiger partial charge in [0.05, 0.1) is 29.5 Å². The Morgan fingerprint density at radius 2 is 2.25 bits per heavy atom. The van der Waals surface area contributed by atoms with Crippen molar-refractivity contribution in [2.75, 3.05) is 0 Å². The van der Waals surface area contributed by atoms with Crippen molar-refractivity contribution in [2.45, 2.75) is 13.5 Å². The predicted octanol–water partition coefficient (Wildman–Crippen LogP) is 3.09. The van der Waals surface area contributed by atoms with Crippen LogP contribution in [0.4, 0.5) is 0 Å². The number of pyridine rings is 1. The molecule has 3 rings (SSSR count). The number of benzene rings is 1. The van der Waals surface area contributed by atoms with E-state index >= 15 is 0 Å². The Morgan fingerprint density at radius 3 is 3.10 bits per heavy atom. The van der Waals surface area contributed by atoms with Crippen molar-refractivity contribution < 1.29 is 0 Å². The van der Waals surface area contributed by atoms with Gasteiger partial charge in [0.2, 0.25) is 0 Å². The number of H-pyrrole nitrogens is 1. The van der Waals surface area contributed by atoms with E-state index in [2.05, 4.69) is 25.4 Å². The summed E-state index contributed by atoms with van der Waals surface area (Å²) in [5.41, 5.74) is 10.3. The SMILES string of the molecule is C/C(=C/NCc1nc2cnc3ccccc3c2[nH]1)N=N. The molecule has 0 unspecified atom stereocenters. The number of aromatic amines is 1. The summed E-state index contributed by atoms with van der Waals surface area (Å²) in [5, 5.41) is 7.45. The molecule has 0 amide bonds. The van der Waals surface area contributed by atoms with E-state index in [0.29, 0.717) is 12.2 Å². The van der Waals surface area contributed by atoms with Gasteiger partial charge in [-0.05, 0) is 13.0 Å². The third-order valence-corrected chi connectivity index (χ3v) is 3.04. The highest BCUT2D eigenvalue weighted by atomic mass is 15.0. The van der Waals surface area contributed by atoms with Gasteiger partial charge >= 0.3 is 0 Å². The zero-order chi connectivity index (χ0) is 13.9. The fourth-order valence-corrected chi connectivity index (χ4v) is 2.08. The second-order valence-electron chi connectivity index (χ2n) is 4.50. The molecule has 0 saturated heterocycles. The minimum absolute atomic E-state index is 0.551. The molecular weight excluding hydrogens is 252 g/mol. The molecule has 0 saturated carbocycles. The zero-order valence-corrected chi connectivity index (χ0v) is 11.0. The molecule has 2 aromatic heterocycles. The Kier molecular flexibility index (Phi) is 3.12. The van der Waals surface area contributed by atoms with Crippen LogP contribution in [0.3, 0.4) is 0 Å². The van der Waals surface area contributed by atoms with Crippen molar-refractivity contribution in [1.82, 2.24) is 20.3 Å². The standard InChI is InChI=1S/C14H14N6/c1-9(20-15)6-16-8-13-18-12-7-17-11-5-3-2-4-10(11)14(12)19-13/h2-7,15-16H,8H2,1H3,(H,18,19)/b9-6-,20-15?. The number of hydrogen-bond acceptors (Lipinski definition) is 5. The molecule has 0 fully saturated rings. The van der Waals surface area contributed by atoms with Gasteiger partial charge in [-0.3, -0.25) is 4.98 Å². The number of allylic oxidation sites excluding steroid dienone is 1. The summed E-state index contributed by atoms with van der Waals surface area (Å²) in [6.45, 7) is 2.31. The van der Waals surface area contributed by atoms with E-state index < -0.39 is 0 Å². The van der Waals surface area contributed by atoms with Crippen LogP contribution in [0.1, 0.15) is 12.7 Å². The van der Waals surface area contributed by atoms with Crippen LogP contribution in [0.15, 0.2) is 47.5 Å². The highest BCUT2D eigenvalue weighted by Gasteiger charge is 2.06. The van der Waals surface area contributed by atoms with Crippen LogP contribution in [0, 0.1) is 5.53 Å². The zero-order valence-electron chi connectivity index (χ0n) is 11.0. The molecule has 3 aromatic rings. The van der Waals surface area contributed by atoms with Gasteiger partial charge < -0.3 is 10.3 Å². The highest BCUT2D eigenvalue weighted by Crippen LogP contribution is 2.21. The second kappa shape index (κ2) is 5.08. The molecule has 3 N–H and O–H groups in total. The van der Waals surface area contributed by atoms with E-state index in [-0.39, 0.29) is 0 Å². The van der Waals surface area contributed by atoms with Crippen molar-refractivity contribution >= 4 is 21.9 Å². The van der Waals surface area contributed by atoms with Crippen LogP contribution in [-0.4, -0.2) is 15.0 Å². The van der Waals surface area contributed by atoms with Gasteiger partial charge in [0.25, 0.3) is 0 Å². The largest absolute Gasteiger partial charge is 0.382 e. The summed E-state index contributed by atoms with van der Waals surface area (Å²) in [4.78, 5) is 12.2. The topological polar surface area (TPSA) is 89.8 Å². The summed E-state index contributed by atoms with van der Waals surface area (Å²) in [5.74, 6) is 0.826. The molecule has 100 valence electrons. The Bertz CT molecular complexity index is 802. The van der Waals surface area contributed by atoms with E-state index in [1.165, 1.54) is 0 Å². The summed E-state index contributed by atoms with van der Waals surface area (Å²) in [6, 6.07) is 7.97. The van der Waals surface area contributed by atoms with Crippen LogP contribution >= 0.6 is 0 Å². The first-order chi connectivity index (χ1) is 9.78. The molecule has 1 aromatic carbocycles. The quantitative estimate of drug-likeness (QED) is 0.634. The van der Waals surface area contributed by atoms with Crippen molar-refractivity contribution in [1.29, 1.82) is 5.53 Å². The lowest BCUT2D eigenvalue weighted by Gasteiger charge is -1.97. The number of rotatable bonds is 4. The lowest BCUT2D eigenvalue weighted by atomic mass is 10.2. The number of aromatic nitrogens is 3. The van der Waals surface area contributed by atoms with E-state index in [4.69, 9.17) is 5.53 Å². The molecule has 0 aliphatic heterocycles. The molecule has 6 heteroatoms. The Hall–Kier alpha value is -2.76. The second-order valence-corrected chi connectivity index (χ2v) is 4.50. The first kappa shape index (κ1) is 12.3. The molecule has 6 nitrogen and oxygen atoms in total. The van der Waals surface area contributed by atoms with Crippen molar-refractivity contribution in [3.05, 3.63) is 48.2 Å². The van der Waals surface area contributed by atoms with Gasteiger partial charge in [0.15, 0.2) is 0 Å². The van der Waals surface area contributed by atoms with Crippen LogP contribution in [-0.2, 0) is 6.54 Å². The molecule has 2 heterocycles. The van der Waals surface area contributed by atoms with Crippen molar-refractivity contribution in [3.8, 4) is 0 Å². The molecule has 0 spiro atoms. The van der Waals surface area contributed by atoms with Crippen LogP contribution in [0.25, 0.3) is 21.9 Å². The highest BCUT2D eigenvalue weighted by molar-refractivity contribution is 6.01. The number of fused-ring (bicyclic) bond motifs is 3. The minimum Gasteiger partial charge on any atom is -0.382 e. The summed E-state index contributed by atoms with van der Waals surface area (Å²) < 4.78 is 0. The first-order valence-electron chi connectivity index (χ1n) is 6.28. The van der Waals surface area contributed by atoms with Gasteiger partial charge in [0, 0.05) is 11.6 Å². The van der Waals surface area contributed by atoms with Gasteiger partial charge in [0.1, 0.15) is 11.3 Å². The van der Waals surface area contributed by atoms with E-state index in [1.54, 1.807) is 19.3 Å². The van der Waals surface area contributed by atoms with Crippen molar-refractivity contribution in [3.63, 3.8) is 0 Å². The van der Waals surface area contributed by atoms with Gasteiger partial charge in [-0.2, -0.15) is 5.11 Å². The van der Waals surface area contributed by atoms with Gasteiger partial charge in [-0.25, -0.2) is 10.5 Å². The first-order valence-corrected chi connectivity index (χ1v) is 6.28. The molecular formula is C14H14N6. The van der Waals surface area contributed by atoms with E-state index in [9.17, 15) is 0 Å². The minimum atomic E-state index is 0.551. The monoisotopic (exact) mass is 266 g/mol. The molecule has 0 radical (unpaired) electrons. The average Bonchev–Trinajstić information content (AvgIpc) is 2.90. The maximum Gasteiger partial charge on any atom is 0.126 e. The third-order valence-electron chi connectivity index (χ3n) is 3.04. The summed E-state index contributed by atoms with van der Waals surface area (Å²) in [6.07, 6.45) is 3.47. The van der Waals surface area contributed by atoms with E-state index in [1.807, 2.05) is 24.3 Å². The normalized spacial score (nSPS) is 11.9. The van der Waals surface area contributed by atoms with Crippen molar-refractivity contribution in [2.24, 2.45) is 5.11 Å². The molecule has 0 aliphatic carbocycles. The maximum atomic E-state index is 6.85. The van der Waals surface area contributed by atoms with E-state index in [0.717, 1.165) is 27.8 Å². The molecule has 20 heavy (non-hydrogen) atoms. The molecule has 0 atom stereocenters. The fraction of sp³-hybridized carbons (Fsp3) is 0.143. The maximum absolute atomic E-state index is 6.85. The summed E-state index contributed by atoms with van der Waals surface area (Å²) >= 11 is 0. The molecule has 0 aliphatic rings. The number of imidazole rings is 1. The predicted molar refractivity (Wildman–Crippen MR) is 77.1 cm³/mol. The summed E-state index contributed by atoms with van der Waals surface area (Å²) in [7, 11) is 0. The Balaban J connectivity index is 1.94. The third kappa shape index (κ3) is 2.23.